The van der Waals surface area contributed by atoms with Crippen LogP contribution in [0.3, 0.4) is 0 Å². The summed E-state index contributed by atoms with van der Waals surface area (Å²) >= 11 is 0. The van der Waals surface area contributed by atoms with Crippen molar-refractivity contribution in [1.29, 1.82) is 0 Å². The fourth-order valence-corrected chi connectivity index (χ4v) is 3.35. The molecule has 1 aliphatic rings. The number of rotatable bonds is 2. The number of hydrogen-bond acceptors (Lipinski definition) is 2. The number of nitrogens with zero attached hydrogens (tertiary/aromatic N) is 3. The van der Waals surface area contributed by atoms with E-state index >= 15 is 0 Å². The summed E-state index contributed by atoms with van der Waals surface area (Å²) < 4.78 is 1.77. The summed E-state index contributed by atoms with van der Waals surface area (Å²) in [5, 5.41) is 13.7. The lowest BCUT2D eigenvalue weighted by molar-refractivity contribution is 0.125. The second-order valence-corrected chi connectivity index (χ2v) is 5.63. The first-order chi connectivity index (χ1) is 10.1. The molecule has 1 atom stereocenters. The van der Waals surface area contributed by atoms with Crippen molar-refractivity contribution < 1.29 is 9.90 Å². The van der Waals surface area contributed by atoms with Crippen LogP contribution < -0.4 is 0 Å². The fraction of sp³-hybridized carbons (Fsp3) is 0.375. The summed E-state index contributed by atoms with van der Waals surface area (Å²) in [5.41, 5.74) is 3.06. The molecule has 0 spiro atoms. The van der Waals surface area contributed by atoms with Crippen LogP contribution in [0, 0.1) is 0 Å². The third-order valence-corrected chi connectivity index (χ3v) is 4.49. The van der Waals surface area contributed by atoms with Gasteiger partial charge in [0.1, 0.15) is 0 Å². The maximum Gasteiger partial charge on any atom is 0.407 e. The van der Waals surface area contributed by atoms with E-state index in [1.54, 1.807) is 4.68 Å². The molecule has 0 radical (unpaired) electrons. The molecule has 1 unspecified atom stereocenters. The third kappa shape index (κ3) is 2.09. The second kappa shape index (κ2) is 4.91. The van der Waals surface area contributed by atoms with Gasteiger partial charge in [-0.3, -0.25) is 4.68 Å². The van der Waals surface area contributed by atoms with Crippen molar-refractivity contribution in [3.8, 4) is 0 Å². The minimum absolute atomic E-state index is 0.318. The van der Waals surface area contributed by atoms with Gasteiger partial charge in [-0.2, -0.15) is 5.10 Å². The number of amides is 1. The molecule has 0 aliphatic carbocycles. The molecule has 1 N–H and O–H groups in total. The Bertz CT molecular complexity index is 680. The smallest absolute Gasteiger partial charge is 0.407 e. The Morgan fingerprint density at radius 2 is 2.19 bits per heavy atom. The molecule has 2 heterocycles. The van der Waals surface area contributed by atoms with Gasteiger partial charge in [-0.25, -0.2) is 4.79 Å². The Balaban J connectivity index is 2.20. The highest BCUT2D eigenvalue weighted by atomic mass is 16.4. The van der Waals surface area contributed by atoms with E-state index in [9.17, 15) is 9.90 Å². The Morgan fingerprint density at radius 3 is 2.81 bits per heavy atom. The van der Waals surface area contributed by atoms with Crippen LogP contribution >= 0.6 is 0 Å². The lowest BCUT2D eigenvalue weighted by atomic mass is 9.69. The monoisotopic (exact) mass is 285 g/mol. The molecular formula is C16H19N3O2. The van der Waals surface area contributed by atoms with Gasteiger partial charge in [-0.05, 0) is 17.5 Å². The molecular weight excluding hydrogens is 266 g/mol. The molecule has 21 heavy (non-hydrogen) atoms. The van der Waals surface area contributed by atoms with Crippen molar-refractivity contribution in [2.45, 2.75) is 25.3 Å². The van der Waals surface area contributed by atoms with Gasteiger partial charge in [0, 0.05) is 37.3 Å². The number of carboxylic acid groups (broad SMARTS) is 1. The van der Waals surface area contributed by atoms with E-state index in [0.717, 1.165) is 17.5 Å². The van der Waals surface area contributed by atoms with E-state index in [1.165, 1.54) is 10.5 Å². The SMILES string of the molecule is CCC1(c2cnn(C)c2)CN(C(=O)O)Cc2ccccc21. The Morgan fingerprint density at radius 1 is 1.43 bits per heavy atom. The van der Waals surface area contributed by atoms with E-state index in [0.29, 0.717) is 13.1 Å². The second-order valence-electron chi connectivity index (χ2n) is 5.63. The highest BCUT2D eigenvalue weighted by Crippen LogP contribution is 2.41. The zero-order valence-corrected chi connectivity index (χ0v) is 12.3. The molecule has 3 rings (SSSR count). The lowest BCUT2D eigenvalue weighted by Gasteiger charge is -2.42. The summed E-state index contributed by atoms with van der Waals surface area (Å²) in [6.07, 6.45) is 3.81. The van der Waals surface area contributed by atoms with Crippen molar-refractivity contribution in [1.82, 2.24) is 14.7 Å². The van der Waals surface area contributed by atoms with Crippen molar-refractivity contribution >= 4 is 6.09 Å². The van der Waals surface area contributed by atoms with Crippen LogP contribution in [0.2, 0.25) is 0 Å². The topological polar surface area (TPSA) is 58.4 Å². The van der Waals surface area contributed by atoms with Gasteiger partial charge in [0.05, 0.1) is 6.20 Å². The Labute approximate surface area is 123 Å². The molecule has 1 aromatic carbocycles. The summed E-state index contributed by atoms with van der Waals surface area (Å²) in [5.74, 6) is 0. The van der Waals surface area contributed by atoms with E-state index in [2.05, 4.69) is 18.1 Å². The number of hydrogen-bond donors (Lipinski definition) is 1. The van der Waals surface area contributed by atoms with Crippen molar-refractivity contribution in [2.75, 3.05) is 6.54 Å². The van der Waals surface area contributed by atoms with Gasteiger partial charge in [0.25, 0.3) is 0 Å². The van der Waals surface area contributed by atoms with Gasteiger partial charge in [-0.15, -0.1) is 0 Å². The molecule has 0 fully saturated rings. The number of carbonyl (C=O) groups is 1. The number of fused-ring (bicyclic) bond motifs is 1. The minimum Gasteiger partial charge on any atom is -0.465 e. The minimum atomic E-state index is -0.869. The predicted molar refractivity (Wildman–Crippen MR) is 79.2 cm³/mol. The van der Waals surface area contributed by atoms with Gasteiger partial charge in [-0.1, -0.05) is 31.2 Å². The molecule has 1 amide bonds. The van der Waals surface area contributed by atoms with Crippen molar-refractivity contribution in [3.05, 3.63) is 53.3 Å². The van der Waals surface area contributed by atoms with E-state index in [-0.39, 0.29) is 5.41 Å². The van der Waals surface area contributed by atoms with E-state index < -0.39 is 6.09 Å². The van der Waals surface area contributed by atoms with E-state index in [1.807, 2.05) is 37.6 Å². The highest BCUT2D eigenvalue weighted by Gasteiger charge is 2.41. The summed E-state index contributed by atoms with van der Waals surface area (Å²) in [4.78, 5) is 13.0. The largest absolute Gasteiger partial charge is 0.465 e. The number of aryl methyl sites for hydroxylation is 1. The zero-order valence-electron chi connectivity index (χ0n) is 12.3. The van der Waals surface area contributed by atoms with Crippen molar-refractivity contribution in [3.63, 3.8) is 0 Å². The first-order valence-electron chi connectivity index (χ1n) is 7.12. The van der Waals surface area contributed by atoms with Gasteiger partial charge >= 0.3 is 6.09 Å². The number of aromatic nitrogens is 2. The fourth-order valence-electron chi connectivity index (χ4n) is 3.35. The maximum absolute atomic E-state index is 11.5. The first kappa shape index (κ1) is 13.7. The third-order valence-electron chi connectivity index (χ3n) is 4.49. The van der Waals surface area contributed by atoms with Gasteiger partial charge < -0.3 is 10.0 Å². The van der Waals surface area contributed by atoms with Crippen molar-refractivity contribution in [2.24, 2.45) is 7.05 Å². The first-order valence-corrected chi connectivity index (χ1v) is 7.12. The normalized spacial score (nSPS) is 21.1. The number of benzene rings is 1. The van der Waals surface area contributed by atoms with Crippen LogP contribution in [-0.4, -0.2) is 32.4 Å². The summed E-state index contributed by atoms with van der Waals surface area (Å²) in [7, 11) is 1.89. The average Bonchev–Trinajstić information content (AvgIpc) is 2.93. The van der Waals surface area contributed by atoms with Crippen LogP contribution in [0.25, 0.3) is 0 Å². The van der Waals surface area contributed by atoms with Crippen LogP contribution in [0.4, 0.5) is 4.79 Å². The molecule has 0 saturated heterocycles. The molecule has 0 saturated carbocycles. The average molecular weight is 285 g/mol. The zero-order chi connectivity index (χ0) is 15.0. The molecule has 0 bridgehead atoms. The van der Waals surface area contributed by atoms with Crippen LogP contribution in [-0.2, 0) is 19.0 Å². The summed E-state index contributed by atoms with van der Waals surface area (Å²) in [6, 6.07) is 8.13. The maximum atomic E-state index is 11.5. The highest BCUT2D eigenvalue weighted by molar-refractivity contribution is 5.67. The molecule has 110 valence electrons. The Kier molecular flexibility index (Phi) is 3.20. The standard InChI is InChI=1S/C16H19N3O2/c1-3-16(13-8-17-18(2)10-13)11-19(15(20)21)9-12-6-4-5-7-14(12)16/h4-8,10H,3,9,11H2,1-2H3,(H,20,21). The lowest BCUT2D eigenvalue weighted by Crippen LogP contribution is -2.47. The molecule has 5 nitrogen and oxygen atoms in total. The molecule has 2 aromatic rings. The molecule has 1 aliphatic heterocycles. The quantitative estimate of drug-likeness (QED) is 0.922. The van der Waals surface area contributed by atoms with Gasteiger partial charge in [0.15, 0.2) is 0 Å². The Hall–Kier alpha value is -2.30. The van der Waals surface area contributed by atoms with Crippen LogP contribution in [0.5, 0.6) is 0 Å². The summed E-state index contributed by atoms with van der Waals surface area (Å²) in [6.45, 7) is 3.03. The molecule has 5 heteroatoms. The van der Waals surface area contributed by atoms with Crippen LogP contribution in [0.15, 0.2) is 36.7 Å². The predicted octanol–water partition coefficient (Wildman–Crippen LogP) is 2.61. The van der Waals surface area contributed by atoms with Gasteiger partial charge in [0.2, 0.25) is 0 Å². The van der Waals surface area contributed by atoms with E-state index in [4.69, 9.17) is 0 Å². The van der Waals surface area contributed by atoms with Crippen LogP contribution in [0.1, 0.15) is 30.0 Å². The molecule has 1 aromatic heterocycles.